The second-order valence-electron chi connectivity index (χ2n) is 7.83. The van der Waals surface area contributed by atoms with E-state index in [1.165, 1.54) is 23.3 Å². The first-order valence-electron chi connectivity index (χ1n) is 9.99. The third kappa shape index (κ3) is 4.99. The fourth-order valence-electron chi connectivity index (χ4n) is 3.95. The van der Waals surface area contributed by atoms with E-state index in [0.29, 0.717) is 19.0 Å². The fourth-order valence-corrected chi connectivity index (χ4v) is 4.81. The number of nitrogens with one attached hydrogen (secondary N) is 1. The van der Waals surface area contributed by atoms with Gasteiger partial charge in [-0.05, 0) is 69.1 Å². The zero-order valence-electron chi connectivity index (χ0n) is 17.0. The molecule has 0 radical (unpaired) electrons. The average Bonchev–Trinajstić information content (AvgIpc) is 3.25. The Kier molecular flexibility index (Phi) is 6.71. The second-order valence-corrected chi connectivity index (χ2v) is 8.81. The second kappa shape index (κ2) is 9.02. The Hall–Kier alpha value is -1.66. The molecule has 2 aromatic heterocycles. The highest BCUT2D eigenvalue weighted by molar-refractivity contribution is 7.10. The van der Waals surface area contributed by atoms with E-state index in [1.54, 1.807) is 11.3 Å². The van der Waals surface area contributed by atoms with Gasteiger partial charge in [-0.15, -0.1) is 11.3 Å². The van der Waals surface area contributed by atoms with Gasteiger partial charge in [0, 0.05) is 30.6 Å². The maximum absolute atomic E-state index is 12.5. The van der Waals surface area contributed by atoms with Crippen LogP contribution in [0.1, 0.15) is 54.1 Å². The molecule has 1 fully saturated rings. The fraction of sp³-hybridized carbons (Fsp3) is 0.619. The van der Waals surface area contributed by atoms with Crippen molar-refractivity contribution in [3.05, 3.63) is 39.3 Å². The Morgan fingerprint density at radius 1 is 1.37 bits per heavy atom. The number of hydrogen-bond donors (Lipinski definition) is 1. The molecule has 3 rings (SSSR count). The summed E-state index contributed by atoms with van der Waals surface area (Å²) in [5, 5.41) is 9.77. The van der Waals surface area contributed by atoms with Crippen LogP contribution in [0.3, 0.4) is 0 Å². The van der Waals surface area contributed by atoms with E-state index < -0.39 is 0 Å². The Labute approximate surface area is 166 Å². The molecule has 5 nitrogen and oxygen atoms in total. The minimum absolute atomic E-state index is 0.129. The normalized spacial score (nSPS) is 17.2. The van der Waals surface area contributed by atoms with Crippen LogP contribution in [0, 0.1) is 19.8 Å². The molecule has 0 bridgehead atoms. The monoisotopic (exact) mass is 388 g/mol. The number of amides is 1. The van der Waals surface area contributed by atoms with Crippen LogP contribution in [0.5, 0.6) is 0 Å². The lowest BCUT2D eigenvalue weighted by Gasteiger charge is -2.36. The smallest absolute Gasteiger partial charge is 0.220 e. The zero-order chi connectivity index (χ0) is 19.4. The molecule has 1 saturated heterocycles. The molecule has 1 amide bonds. The largest absolute Gasteiger partial charge is 0.354 e. The van der Waals surface area contributed by atoms with Crippen LogP contribution in [0.4, 0.5) is 0 Å². The lowest BCUT2D eigenvalue weighted by molar-refractivity contribution is -0.121. The van der Waals surface area contributed by atoms with Crippen molar-refractivity contribution >= 4 is 17.2 Å². The third-order valence-electron chi connectivity index (χ3n) is 5.88. The molecule has 27 heavy (non-hydrogen) atoms. The molecular formula is C21H32N4OS. The minimum atomic E-state index is 0.129. The summed E-state index contributed by atoms with van der Waals surface area (Å²) in [5.74, 6) is 0.940. The van der Waals surface area contributed by atoms with Crippen molar-refractivity contribution < 1.29 is 4.79 Å². The molecule has 2 aromatic rings. The Morgan fingerprint density at radius 2 is 2.11 bits per heavy atom. The Balaban J connectivity index is 1.56. The molecule has 1 unspecified atom stereocenters. The molecule has 1 aliphatic heterocycles. The van der Waals surface area contributed by atoms with Crippen molar-refractivity contribution in [2.24, 2.45) is 13.0 Å². The van der Waals surface area contributed by atoms with Crippen LogP contribution in [-0.4, -0.2) is 40.2 Å². The van der Waals surface area contributed by atoms with Gasteiger partial charge in [0.05, 0.1) is 11.7 Å². The summed E-state index contributed by atoms with van der Waals surface area (Å²) >= 11 is 1.79. The van der Waals surface area contributed by atoms with Gasteiger partial charge in [0.25, 0.3) is 0 Å². The molecule has 0 aromatic carbocycles. The van der Waals surface area contributed by atoms with Crippen LogP contribution in [-0.2, 0) is 18.3 Å². The highest BCUT2D eigenvalue weighted by atomic mass is 32.1. The van der Waals surface area contributed by atoms with E-state index >= 15 is 0 Å². The van der Waals surface area contributed by atoms with Gasteiger partial charge in [-0.1, -0.05) is 13.0 Å². The van der Waals surface area contributed by atoms with E-state index in [9.17, 15) is 4.79 Å². The lowest BCUT2D eigenvalue weighted by Crippen LogP contribution is -2.41. The van der Waals surface area contributed by atoms with Crippen molar-refractivity contribution in [1.29, 1.82) is 0 Å². The van der Waals surface area contributed by atoms with Gasteiger partial charge in [0.15, 0.2) is 0 Å². The van der Waals surface area contributed by atoms with Gasteiger partial charge in [-0.2, -0.15) is 5.10 Å². The summed E-state index contributed by atoms with van der Waals surface area (Å²) < 4.78 is 1.90. The van der Waals surface area contributed by atoms with E-state index in [1.807, 2.05) is 18.7 Å². The number of aryl methyl sites for hydroxylation is 2. The predicted molar refractivity (Wildman–Crippen MR) is 111 cm³/mol. The molecule has 1 N–H and O–H groups in total. The van der Waals surface area contributed by atoms with Gasteiger partial charge in [-0.25, -0.2) is 0 Å². The maximum Gasteiger partial charge on any atom is 0.220 e. The van der Waals surface area contributed by atoms with Crippen LogP contribution < -0.4 is 5.32 Å². The van der Waals surface area contributed by atoms with Crippen LogP contribution in [0.2, 0.25) is 0 Å². The molecule has 6 heteroatoms. The quantitative estimate of drug-likeness (QED) is 0.788. The molecule has 1 aliphatic rings. The van der Waals surface area contributed by atoms with Crippen molar-refractivity contribution in [2.75, 3.05) is 19.6 Å². The van der Waals surface area contributed by atoms with Gasteiger partial charge in [-0.3, -0.25) is 14.4 Å². The van der Waals surface area contributed by atoms with Crippen molar-refractivity contribution in [2.45, 2.75) is 52.5 Å². The number of carbonyl (C=O) groups is 1. The SMILES string of the molecule is Cc1nn(C)c(C)c1CCC(=O)NCC(c1cccs1)N1CCC(C)CC1. The predicted octanol–water partition coefficient (Wildman–Crippen LogP) is 3.62. The topological polar surface area (TPSA) is 50.2 Å². The van der Waals surface area contributed by atoms with Crippen molar-refractivity contribution in [1.82, 2.24) is 20.0 Å². The number of likely N-dealkylation sites (tertiary alicyclic amines) is 1. The molecule has 0 saturated carbocycles. The Bertz CT molecular complexity index is 745. The van der Waals surface area contributed by atoms with Crippen LogP contribution in [0.15, 0.2) is 17.5 Å². The van der Waals surface area contributed by atoms with Crippen LogP contribution >= 0.6 is 11.3 Å². The molecule has 148 valence electrons. The number of aromatic nitrogens is 2. The first-order valence-corrected chi connectivity index (χ1v) is 10.9. The average molecular weight is 389 g/mol. The van der Waals surface area contributed by atoms with Crippen molar-refractivity contribution in [3.63, 3.8) is 0 Å². The van der Waals surface area contributed by atoms with Gasteiger partial charge < -0.3 is 5.32 Å². The standard InChI is InChI=1S/C21H32N4OS/c1-15-9-11-25(12-10-15)19(20-6-5-13-27-20)14-22-21(26)8-7-18-16(2)23-24(4)17(18)3/h5-6,13,15,19H,7-12,14H2,1-4H3,(H,22,26). The first kappa shape index (κ1) is 20.1. The van der Waals surface area contributed by atoms with Gasteiger partial charge in [0.1, 0.15) is 0 Å². The number of rotatable bonds is 7. The first-order chi connectivity index (χ1) is 13.0. The van der Waals surface area contributed by atoms with Gasteiger partial charge >= 0.3 is 0 Å². The third-order valence-corrected chi connectivity index (χ3v) is 6.86. The number of piperidine rings is 1. The van der Waals surface area contributed by atoms with Crippen molar-refractivity contribution in [3.8, 4) is 0 Å². The summed E-state index contributed by atoms with van der Waals surface area (Å²) in [6.07, 6.45) is 3.76. The number of nitrogens with zero attached hydrogens (tertiary/aromatic N) is 3. The summed E-state index contributed by atoms with van der Waals surface area (Å²) in [4.78, 5) is 16.4. The van der Waals surface area contributed by atoms with E-state index in [4.69, 9.17) is 0 Å². The minimum Gasteiger partial charge on any atom is -0.354 e. The van der Waals surface area contributed by atoms with E-state index in [2.05, 4.69) is 46.7 Å². The highest BCUT2D eigenvalue weighted by Crippen LogP contribution is 2.29. The zero-order valence-corrected chi connectivity index (χ0v) is 17.8. The number of thiophene rings is 1. The maximum atomic E-state index is 12.5. The van der Waals surface area contributed by atoms with E-state index in [-0.39, 0.29) is 5.91 Å². The lowest BCUT2D eigenvalue weighted by atomic mass is 9.97. The number of hydrogen-bond acceptors (Lipinski definition) is 4. The van der Waals surface area contributed by atoms with Crippen LogP contribution in [0.25, 0.3) is 0 Å². The molecule has 1 atom stereocenters. The summed E-state index contributed by atoms with van der Waals surface area (Å²) in [6, 6.07) is 4.60. The summed E-state index contributed by atoms with van der Waals surface area (Å²) in [6.45, 7) is 9.35. The molecule has 0 aliphatic carbocycles. The molecule has 0 spiro atoms. The number of carbonyl (C=O) groups excluding carboxylic acids is 1. The van der Waals surface area contributed by atoms with E-state index in [0.717, 1.165) is 36.8 Å². The highest BCUT2D eigenvalue weighted by Gasteiger charge is 2.25. The summed E-state index contributed by atoms with van der Waals surface area (Å²) in [7, 11) is 1.96. The summed E-state index contributed by atoms with van der Waals surface area (Å²) in [5.41, 5.74) is 3.38. The molecule has 3 heterocycles. The molecular weight excluding hydrogens is 356 g/mol. The van der Waals surface area contributed by atoms with Gasteiger partial charge in [0.2, 0.25) is 5.91 Å². The Morgan fingerprint density at radius 3 is 2.70 bits per heavy atom.